The topological polar surface area (TPSA) is 30.5 Å². The molecular formula is C15H23NO2. The molecule has 1 N–H and O–H groups in total. The van der Waals surface area contributed by atoms with Gasteiger partial charge in [0, 0.05) is 0 Å². The molecule has 2 rings (SSSR count). The predicted octanol–water partition coefficient (Wildman–Crippen LogP) is 2.40. The molecule has 3 heteroatoms. The van der Waals surface area contributed by atoms with Gasteiger partial charge in [-0.2, -0.15) is 0 Å². The van der Waals surface area contributed by atoms with Gasteiger partial charge < -0.3 is 14.8 Å². The molecule has 0 saturated carbocycles. The fraction of sp³-hybridized carbons (Fsp3) is 0.600. The van der Waals surface area contributed by atoms with Crippen LogP contribution in [0.2, 0.25) is 0 Å². The van der Waals surface area contributed by atoms with Crippen LogP contribution in [-0.4, -0.2) is 32.9 Å². The Bertz CT molecular complexity index is 329. The summed E-state index contributed by atoms with van der Waals surface area (Å²) in [6.07, 6.45) is 4.98. The molecule has 1 aliphatic heterocycles. The molecule has 3 nitrogen and oxygen atoms in total. The summed E-state index contributed by atoms with van der Waals surface area (Å²) in [6, 6.07) is 8.23. The van der Waals surface area contributed by atoms with Crippen molar-refractivity contribution in [2.24, 2.45) is 0 Å². The molecule has 1 aliphatic rings. The summed E-state index contributed by atoms with van der Waals surface area (Å²) in [5.74, 6) is 0.912. The van der Waals surface area contributed by atoms with Crippen molar-refractivity contribution < 1.29 is 9.47 Å². The van der Waals surface area contributed by atoms with Gasteiger partial charge >= 0.3 is 0 Å². The lowest BCUT2D eigenvalue weighted by Gasteiger charge is -2.15. The SMILES string of the molecule is COc1ccc(CCOC2CCCNCC2)cc1. The summed E-state index contributed by atoms with van der Waals surface area (Å²) < 4.78 is 11.1. The lowest BCUT2D eigenvalue weighted by Crippen LogP contribution is -2.18. The van der Waals surface area contributed by atoms with Crippen molar-refractivity contribution in [3.05, 3.63) is 29.8 Å². The van der Waals surface area contributed by atoms with Gasteiger partial charge in [-0.25, -0.2) is 0 Å². The zero-order valence-corrected chi connectivity index (χ0v) is 11.2. The van der Waals surface area contributed by atoms with Crippen molar-refractivity contribution in [1.29, 1.82) is 0 Å². The lowest BCUT2D eigenvalue weighted by atomic mass is 10.1. The van der Waals surface area contributed by atoms with Crippen LogP contribution in [0, 0.1) is 0 Å². The van der Waals surface area contributed by atoms with Crippen LogP contribution in [0.1, 0.15) is 24.8 Å². The minimum Gasteiger partial charge on any atom is -0.497 e. The summed E-state index contributed by atoms with van der Waals surface area (Å²) >= 11 is 0. The Hall–Kier alpha value is -1.06. The van der Waals surface area contributed by atoms with Crippen molar-refractivity contribution in [1.82, 2.24) is 5.32 Å². The highest BCUT2D eigenvalue weighted by atomic mass is 16.5. The van der Waals surface area contributed by atoms with Gasteiger partial charge in [-0.3, -0.25) is 0 Å². The van der Waals surface area contributed by atoms with Gasteiger partial charge in [0.05, 0.1) is 19.8 Å². The molecule has 0 amide bonds. The molecule has 0 bridgehead atoms. The van der Waals surface area contributed by atoms with Crippen LogP contribution >= 0.6 is 0 Å². The second-order valence-electron chi connectivity index (χ2n) is 4.77. The average Bonchev–Trinajstić information content (AvgIpc) is 2.68. The summed E-state index contributed by atoms with van der Waals surface area (Å²) in [5, 5.41) is 3.40. The molecule has 1 fully saturated rings. The van der Waals surface area contributed by atoms with E-state index in [0.29, 0.717) is 6.10 Å². The lowest BCUT2D eigenvalue weighted by molar-refractivity contribution is 0.0475. The van der Waals surface area contributed by atoms with Gasteiger partial charge in [0.25, 0.3) is 0 Å². The predicted molar refractivity (Wildman–Crippen MR) is 73.2 cm³/mol. The third kappa shape index (κ3) is 4.31. The van der Waals surface area contributed by atoms with Crippen molar-refractivity contribution in [3.8, 4) is 5.75 Å². The van der Waals surface area contributed by atoms with E-state index >= 15 is 0 Å². The molecule has 0 spiro atoms. The maximum Gasteiger partial charge on any atom is 0.118 e. The molecule has 0 radical (unpaired) electrons. The van der Waals surface area contributed by atoms with Crippen LogP contribution < -0.4 is 10.1 Å². The molecule has 1 unspecified atom stereocenters. The molecule has 1 saturated heterocycles. The number of hydrogen-bond acceptors (Lipinski definition) is 3. The van der Waals surface area contributed by atoms with Crippen LogP contribution in [-0.2, 0) is 11.2 Å². The Balaban J connectivity index is 1.70. The smallest absolute Gasteiger partial charge is 0.118 e. The Morgan fingerprint density at radius 2 is 2.00 bits per heavy atom. The van der Waals surface area contributed by atoms with Gasteiger partial charge in [-0.15, -0.1) is 0 Å². The Morgan fingerprint density at radius 3 is 2.78 bits per heavy atom. The molecule has 0 aromatic heterocycles. The van der Waals surface area contributed by atoms with E-state index in [-0.39, 0.29) is 0 Å². The molecule has 18 heavy (non-hydrogen) atoms. The van der Waals surface area contributed by atoms with Crippen LogP contribution in [0.5, 0.6) is 5.75 Å². The number of ether oxygens (including phenoxy) is 2. The van der Waals surface area contributed by atoms with Crippen molar-refractivity contribution in [2.45, 2.75) is 31.8 Å². The standard InChI is InChI=1S/C15H23NO2/c1-17-14-6-4-13(5-7-14)9-12-18-15-3-2-10-16-11-8-15/h4-7,15-16H,2-3,8-12H2,1H3. The van der Waals surface area contributed by atoms with Crippen LogP contribution in [0.3, 0.4) is 0 Å². The maximum atomic E-state index is 5.95. The summed E-state index contributed by atoms with van der Waals surface area (Å²) in [4.78, 5) is 0. The molecule has 1 heterocycles. The number of hydrogen-bond donors (Lipinski definition) is 1. The fourth-order valence-electron chi connectivity index (χ4n) is 2.29. The highest BCUT2D eigenvalue weighted by molar-refractivity contribution is 5.27. The van der Waals surface area contributed by atoms with Gasteiger partial charge in [-0.1, -0.05) is 12.1 Å². The Labute approximate surface area is 109 Å². The van der Waals surface area contributed by atoms with Crippen molar-refractivity contribution in [3.63, 3.8) is 0 Å². The number of nitrogens with one attached hydrogen (secondary N) is 1. The molecule has 0 aliphatic carbocycles. The number of rotatable bonds is 5. The van der Waals surface area contributed by atoms with E-state index < -0.39 is 0 Å². The molecule has 1 aromatic carbocycles. The quantitative estimate of drug-likeness (QED) is 0.869. The first-order valence-corrected chi connectivity index (χ1v) is 6.84. The van der Waals surface area contributed by atoms with E-state index in [1.165, 1.54) is 18.4 Å². The third-order valence-corrected chi connectivity index (χ3v) is 3.43. The van der Waals surface area contributed by atoms with Crippen LogP contribution in [0.15, 0.2) is 24.3 Å². The van der Waals surface area contributed by atoms with Crippen LogP contribution in [0.4, 0.5) is 0 Å². The molecular weight excluding hydrogens is 226 g/mol. The number of benzene rings is 1. The zero-order valence-electron chi connectivity index (χ0n) is 11.2. The second kappa shape index (κ2) is 7.39. The van der Waals surface area contributed by atoms with E-state index in [1.54, 1.807) is 7.11 Å². The summed E-state index contributed by atoms with van der Waals surface area (Å²) in [7, 11) is 1.69. The highest BCUT2D eigenvalue weighted by Crippen LogP contribution is 2.13. The van der Waals surface area contributed by atoms with Gasteiger partial charge in [0.15, 0.2) is 0 Å². The minimum absolute atomic E-state index is 0.443. The Kier molecular flexibility index (Phi) is 5.49. The highest BCUT2D eigenvalue weighted by Gasteiger charge is 2.11. The van der Waals surface area contributed by atoms with Gasteiger partial charge in [0.1, 0.15) is 5.75 Å². The van der Waals surface area contributed by atoms with E-state index in [2.05, 4.69) is 17.4 Å². The third-order valence-electron chi connectivity index (χ3n) is 3.43. The molecule has 100 valence electrons. The maximum absolute atomic E-state index is 5.95. The largest absolute Gasteiger partial charge is 0.497 e. The molecule has 1 aromatic rings. The molecule has 1 atom stereocenters. The van der Waals surface area contributed by atoms with E-state index in [9.17, 15) is 0 Å². The summed E-state index contributed by atoms with van der Waals surface area (Å²) in [6.45, 7) is 3.04. The zero-order chi connectivity index (χ0) is 12.6. The minimum atomic E-state index is 0.443. The van der Waals surface area contributed by atoms with Gasteiger partial charge in [0.2, 0.25) is 0 Å². The van der Waals surface area contributed by atoms with Crippen molar-refractivity contribution in [2.75, 3.05) is 26.8 Å². The van der Waals surface area contributed by atoms with E-state index in [1.807, 2.05) is 12.1 Å². The van der Waals surface area contributed by atoms with Crippen molar-refractivity contribution >= 4 is 0 Å². The van der Waals surface area contributed by atoms with Crippen LogP contribution in [0.25, 0.3) is 0 Å². The number of methoxy groups -OCH3 is 1. The summed E-state index contributed by atoms with van der Waals surface area (Å²) in [5.41, 5.74) is 1.31. The second-order valence-corrected chi connectivity index (χ2v) is 4.77. The first kappa shape index (κ1) is 13.4. The monoisotopic (exact) mass is 249 g/mol. The fourth-order valence-corrected chi connectivity index (χ4v) is 2.29. The van der Waals surface area contributed by atoms with E-state index in [0.717, 1.165) is 38.3 Å². The first-order valence-electron chi connectivity index (χ1n) is 6.84. The normalized spacial score (nSPS) is 20.4. The Morgan fingerprint density at radius 1 is 1.17 bits per heavy atom. The average molecular weight is 249 g/mol. The van der Waals surface area contributed by atoms with E-state index in [4.69, 9.17) is 9.47 Å². The first-order chi connectivity index (χ1) is 8.88. The van der Waals surface area contributed by atoms with Gasteiger partial charge in [-0.05, 0) is 56.5 Å².